The minimum Gasteiger partial charge on any atom is -0.461 e. The molecule has 2 aromatic rings. The Morgan fingerprint density at radius 3 is 2.69 bits per heavy atom. The number of rotatable bonds is 4. The number of hydrogen-bond donors (Lipinski definition) is 0. The molecule has 1 nitrogen and oxygen atoms in total. The van der Waals surface area contributed by atoms with Crippen LogP contribution in [0, 0.1) is 6.92 Å². The van der Waals surface area contributed by atoms with Crippen LogP contribution in [0.4, 0.5) is 0 Å². The van der Waals surface area contributed by atoms with Gasteiger partial charge in [0.05, 0.1) is 0 Å². The van der Waals surface area contributed by atoms with Crippen molar-refractivity contribution >= 4 is 11.0 Å². The van der Waals surface area contributed by atoms with Crippen LogP contribution in [-0.2, 0) is 12.8 Å². The Kier molecular flexibility index (Phi) is 3.33. The van der Waals surface area contributed by atoms with Crippen molar-refractivity contribution in [1.29, 1.82) is 0 Å². The molecule has 0 saturated heterocycles. The van der Waals surface area contributed by atoms with Crippen LogP contribution in [0.15, 0.2) is 22.6 Å². The van der Waals surface area contributed by atoms with E-state index in [4.69, 9.17) is 4.42 Å². The van der Waals surface area contributed by atoms with Gasteiger partial charge in [-0.05, 0) is 31.9 Å². The van der Waals surface area contributed by atoms with Gasteiger partial charge < -0.3 is 4.42 Å². The third kappa shape index (κ3) is 1.99. The van der Waals surface area contributed by atoms with E-state index in [1.54, 1.807) is 0 Å². The van der Waals surface area contributed by atoms with Gasteiger partial charge in [0.25, 0.3) is 0 Å². The van der Waals surface area contributed by atoms with Crippen molar-refractivity contribution < 1.29 is 4.42 Å². The Hall–Kier alpha value is -1.24. The number of fused-ring (bicyclic) bond motifs is 1. The molecule has 0 radical (unpaired) electrons. The maximum Gasteiger partial charge on any atom is 0.134 e. The molecule has 0 aliphatic heterocycles. The molecule has 0 aliphatic carbocycles. The molecular weight excluding hydrogens is 196 g/mol. The van der Waals surface area contributed by atoms with E-state index < -0.39 is 0 Å². The Balaban J connectivity index is 2.49. The van der Waals surface area contributed by atoms with Crippen molar-refractivity contribution in [2.24, 2.45) is 0 Å². The van der Waals surface area contributed by atoms with Crippen LogP contribution in [0.25, 0.3) is 11.0 Å². The van der Waals surface area contributed by atoms with E-state index in [0.717, 1.165) is 18.4 Å². The molecule has 1 heteroatoms. The predicted octanol–water partition coefficient (Wildman–Crippen LogP) is 4.65. The van der Waals surface area contributed by atoms with Gasteiger partial charge in [0, 0.05) is 17.4 Å². The first-order valence-electron chi connectivity index (χ1n) is 6.27. The molecule has 86 valence electrons. The lowest BCUT2D eigenvalue weighted by Crippen LogP contribution is -1.88. The first kappa shape index (κ1) is 11.3. The molecule has 16 heavy (non-hydrogen) atoms. The van der Waals surface area contributed by atoms with Crippen molar-refractivity contribution in [3.63, 3.8) is 0 Å². The van der Waals surface area contributed by atoms with Gasteiger partial charge in [-0.2, -0.15) is 0 Å². The highest BCUT2D eigenvalue weighted by Crippen LogP contribution is 2.28. The van der Waals surface area contributed by atoms with Crippen molar-refractivity contribution in [2.45, 2.75) is 46.5 Å². The highest BCUT2D eigenvalue weighted by molar-refractivity contribution is 5.83. The lowest BCUT2D eigenvalue weighted by Gasteiger charge is -1.98. The van der Waals surface area contributed by atoms with Gasteiger partial charge in [-0.3, -0.25) is 0 Å². The molecule has 0 fully saturated rings. The summed E-state index contributed by atoms with van der Waals surface area (Å²) in [4.78, 5) is 0. The summed E-state index contributed by atoms with van der Waals surface area (Å²) in [5, 5.41) is 1.31. The Morgan fingerprint density at radius 1 is 1.19 bits per heavy atom. The minimum absolute atomic E-state index is 1.05. The van der Waals surface area contributed by atoms with Gasteiger partial charge in [-0.15, -0.1) is 0 Å². The molecule has 1 heterocycles. The molecule has 0 N–H and O–H groups in total. The van der Waals surface area contributed by atoms with E-state index in [0.29, 0.717) is 0 Å². The van der Waals surface area contributed by atoms with Crippen molar-refractivity contribution in [1.82, 2.24) is 0 Å². The molecule has 1 aromatic carbocycles. The van der Waals surface area contributed by atoms with Gasteiger partial charge in [-0.1, -0.05) is 31.9 Å². The molecule has 0 saturated carbocycles. The third-order valence-corrected chi connectivity index (χ3v) is 3.14. The van der Waals surface area contributed by atoms with Gasteiger partial charge in [0.2, 0.25) is 0 Å². The summed E-state index contributed by atoms with van der Waals surface area (Å²) < 4.78 is 5.95. The maximum atomic E-state index is 5.95. The monoisotopic (exact) mass is 216 g/mol. The second kappa shape index (κ2) is 4.73. The SMILES string of the molecule is CCCCc1oc2ccc(C)cc2c1CC. The number of aryl methyl sites for hydroxylation is 3. The number of benzene rings is 1. The Morgan fingerprint density at radius 2 is 2.00 bits per heavy atom. The lowest BCUT2D eigenvalue weighted by molar-refractivity contribution is 0.530. The van der Waals surface area contributed by atoms with E-state index in [1.165, 1.54) is 35.1 Å². The highest BCUT2D eigenvalue weighted by atomic mass is 16.3. The van der Waals surface area contributed by atoms with Crippen LogP contribution in [0.5, 0.6) is 0 Å². The fourth-order valence-electron chi connectivity index (χ4n) is 2.24. The highest BCUT2D eigenvalue weighted by Gasteiger charge is 2.11. The summed E-state index contributed by atoms with van der Waals surface area (Å²) in [7, 11) is 0. The minimum atomic E-state index is 1.05. The van der Waals surface area contributed by atoms with Gasteiger partial charge in [0.15, 0.2) is 0 Å². The molecular formula is C15H20O. The van der Waals surface area contributed by atoms with Crippen molar-refractivity contribution in [2.75, 3.05) is 0 Å². The standard InChI is InChI=1S/C15H20O/c1-4-6-7-14-12(5-2)13-10-11(3)8-9-15(13)16-14/h8-10H,4-7H2,1-3H3. The second-order valence-corrected chi connectivity index (χ2v) is 4.46. The quantitative estimate of drug-likeness (QED) is 0.725. The predicted molar refractivity (Wildman–Crippen MR) is 68.9 cm³/mol. The topological polar surface area (TPSA) is 13.1 Å². The summed E-state index contributed by atoms with van der Waals surface area (Å²) in [6.07, 6.45) is 4.58. The van der Waals surface area contributed by atoms with Crippen molar-refractivity contribution in [3.8, 4) is 0 Å². The Bertz CT molecular complexity index is 479. The number of furan rings is 1. The second-order valence-electron chi connectivity index (χ2n) is 4.46. The largest absolute Gasteiger partial charge is 0.461 e. The molecule has 2 rings (SSSR count). The zero-order valence-electron chi connectivity index (χ0n) is 10.5. The summed E-state index contributed by atoms with van der Waals surface area (Å²) in [6.45, 7) is 6.57. The maximum absolute atomic E-state index is 5.95. The van der Waals surface area contributed by atoms with E-state index in [9.17, 15) is 0 Å². The van der Waals surface area contributed by atoms with Crippen LogP contribution in [0.2, 0.25) is 0 Å². The summed E-state index contributed by atoms with van der Waals surface area (Å²) in [5.74, 6) is 1.20. The van der Waals surface area contributed by atoms with E-state index in [-0.39, 0.29) is 0 Å². The average molecular weight is 216 g/mol. The van der Waals surface area contributed by atoms with Gasteiger partial charge in [-0.25, -0.2) is 0 Å². The van der Waals surface area contributed by atoms with Crippen LogP contribution in [-0.4, -0.2) is 0 Å². The van der Waals surface area contributed by atoms with Crippen LogP contribution < -0.4 is 0 Å². The fraction of sp³-hybridized carbons (Fsp3) is 0.467. The summed E-state index contributed by atoms with van der Waals surface area (Å²) >= 11 is 0. The van der Waals surface area contributed by atoms with Gasteiger partial charge in [0.1, 0.15) is 11.3 Å². The van der Waals surface area contributed by atoms with Crippen molar-refractivity contribution in [3.05, 3.63) is 35.1 Å². The number of unbranched alkanes of at least 4 members (excludes halogenated alkanes) is 1. The average Bonchev–Trinajstić information content (AvgIpc) is 2.63. The molecule has 0 bridgehead atoms. The molecule has 1 aromatic heterocycles. The van der Waals surface area contributed by atoms with E-state index in [1.807, 2.05) is 0 Å². The first-order chi connectivity index (χ1) is 7.76. The van der Waals surface area contributed by atoms with E-state index >= 15 is 0 Å². The zero-order chi connectivity index (χ0) is 11.5. The lowest BCUT2D eigenvalue weighted by atomic mass is 10.0. The summed E-state index contributed by atoms with van der Waals surface area (Å²) in [5.41, 5.74) is 3.77. The fourth-order valence-corrected chi connectivity index (χ4v) is 2.24. The van der Waals surface area contributed by atoms with Crippen LogP contribution in [0.1, 0.15) is 43.6 Å². The normalized spacial score (nSPS) is 11.2. The third-order valence-electron chi connectivity index (χ3n) is 3.14. The van der Waals surface area contributed by atoms with Crippen LogP contribution >= 0.6 is 0 Å². The number of hydrogen-bond acceptors (Lipinski definition) is 1. The van der Waals surface area contributed by atoms with Crippen LogP contribution in [0.3, 0.4) is 0 Å². The molecule has 0 atom stereocenters. The summed E-state index contributed by atoms with van der Waals surface area (Å²) in [6, 6.07) is 6.46. The zero-order valence-corrected chi connectivity index (χ0v) is 10.5. The Labute approximate surface area is 97.5 Å². The molecule has 0 unspecified atom stereocenters. The molecule has 0 amide bonds. The smallest absolute Gasteiger partial charge is 0.134 e. The first-order valence-corrected chi connectivity index (χ1v) is 6.27. The molecule has 0 spiro atoms. The van der Waals surface area contributed by atoms with Gasteiger partial charge >= 0.3 is 0 Å². The van der Waals surface area contributed by atoms with E-state index in [2.05, 4.69) is 39.0 Å². The molecule has 0 aliphatic rings.